The molecule has 4 saturated carbocycles. The van der Waals surface area contributed by atoms with Crippen molar-refractivity contribution in [2.45, 2.75) is 109 Å². The number of hydrogen-bond acceptors (Lipinski definition) is 8. The lowest BCUT2D eigenvalue weighted by atomic mass is 9.43. The molecule has 4 rings (SSSR count). The smallest absolute Gasteiger partial charge is 0.465 e. The second kappa shape index (κ2) is 11.6. The lowest BCUT2D eigenvalue weighted by Gasteiger charge is -2.63. The highest BCUT2D eigenvalue weighted by atomic mass is 32.2. The van der Waals surface area contributed by atoms with Crippen LogP contribution in [0.3, 0.4) is 0 Å². The minimum Gasteiger partial charge on any atom is -0.465 e. The minimum absolute atomic E-state index is 0.00767. The van der Waals surface area contributed by atoms with Crippen molar-refractivity contribution in [3.05, 3.63) is 0 Å². The summed E-state index contributed by atoms with van der Waals surface area (Å²) in [4.78, 5) is 23.8. The molecule has 236 valence electrons. The van der Waals surface area contributed by atoms with Crippen LogP contribution in [0, 0.1) is 46.3 Å². The van der Waals surface area contributed by atoms with Gasteiger partial charge >= 0.3 is 21.5 Å². The largest absolute Gasteiger partial charge is 0.516 e. The van der Waals surface area contributed by atoms with E-state index in [2.05, 4.69) is 13.8 Å². The van der Waals surface area contributed by atoms with Crippen LogP contribution in [0.5, 0.6) is 0 Å². The number of hydrogen-bond donors (Lipinski definition) is 4. The molecular formula is C28H44F3NO8S. The summed E-state index contributed by atoms with van der Waals surface area (Å²) in [7, 11) is -5.81. The standard InChI is InChI=1S/C28H44F3NO8S/c1-15(4-7-24(37)40-11-9-23(36)32-41(38,39)28(29,30)31)18-5-6-19-25-20(14-22(35)27(18,19)3)26(2)10-8-17(33)12-16(26)13-21(25)34/h15-22,25,33-35H,4-14H2,1-3H3,(H,32,36)/t15-,16+,17?,18-,19+,20+,21?,22?,25+,26+,27-/m1/s1. The number of halogens is 3. The van der Waals surface area contributed by atoms with E-state index in [-0.39, 0.29) is 53.4 Å². The van der Waals surface area contributed by atoms with Crippen LogP contribution >= 0.6 is 0 Å². The van der Waals surface area contributed by atoms with E-state index < -0.39 is 58.1 Å². The number of nitrogens with one attached hydrogen (secondary N) is 1. The van der Waals surface area contributed by atoms with Gasteiger partial charge in [-0.15, -0.1) is 0 Å². The van der Waals surface area contributed by atoms with Gasteiger partial charge in [-0.1, -0.05) is 20.8 Å². The van der Waals surface area contributed by atoms with E-state index >= 15 is 0 Å². The minimum atomic E-state index is -5.81. The average molecular weight is 612 g/mol. The Bertz CT molecular complexity index is 1100. The molecular weight excluding hydrogens is 567 g/mol. The third-order valence-corrected chi connectivity index (χ3v) is 12.6. The second-order valence-corrected chi connectivity index (χ2v) is 15.2. The summed E-state index contributed by atoms with van der Waals surface area (Å²) in [5.74, 6) is -1.28. The van der Waals surface area contributed by atoms with E-state index in [1.54, 1.807) is 0 Å². The summed E-state index contributed by atoms with van der Waals surface area (Å²) in [6.07, 6.45) is 3.71. The highest BCUT2D eigenvalue weighted by Gasteiger charge is 2.65. The van der Waals surface area contributed by atoms with Gasteiger partial charge in [-0.25, -0.2) is 4.72 Å². The lowest BCUT2D eigenvalue weighted by molar-refractivity contribution is -0.207. The van der Waals surface area contributed by atoms with Crippen molar-refractivity contribution in [3.8, 4) is 0 Å². The predicted octanol–water partition coefficient (Wildman–Crippen LogP) is 3.26. The molecule has 0 aromatic heterocycles. The van der Waals surface area contributed by atoms with Crippen LogP contribution in [0.1, 0.15) is 85.0 Å². The predicted molar refractivity (Wildman–Crippen MR) is 141 cm³/mol. The topological polar surface area (TPSA) is 150 Å². The molecule has 0 aromatic rings. The third kappa shape index (κ3) is 6.02. The van der Waals surface area contributed by atoms with Crippen molar-refractivity contribution in [2.75, 3.05) is 6.61 Å². The molecule has 4 aliphatic carbocycles. The summed E-state index contributed by atoms with van der Waals surface area (Å²) < 4.78 is 65.0. The van der Waals surface area contributed by atoms with Crippen LogP contribution in [-0.4, -0.2) is 66.0 Å². The van der Waals surface area contributed by atoms with Gasteiger partial charge in [0.15, 0.2) is 0 Å². The monoisotopic (exact) mass is 611 g/mol. The first kappa shape index (κ1) is 32.5. The van der Waals surface area contributed by atoms with Crippen molar-refractivity contribution in [1.29, 1.82) is 0 Å². The van der Waals surface area contributed by atoms with Crippen molar-refractivity contribution in [1.82, 2.24) is 4.72 Å². The maximum atomic E-state index is 12.4. The molecule has 0 saturated heterocycles. The molecule has 0 spiro atoms. The average Bonchev–Trinajstić information content (AvgIpc) is 3.21. The summed E-state index contributed by atoms with van der Waals surface area (Å²) in [5.41, 5.74) is -6.06. The number of aliphatic hydroxyl groups excluding tert-OH is 3. The molecule has 9 nitrogen and oxygen atoms in total. The number of aliphatic hydroxyl groups is 3. The fraction of sp³-hybridized carbons (Fsp3) is 0.929. The van der Waals surface area contributed by atoms with E-state index in [9.17, 15) is 46.5 Å². The van der Waals surface area contributed by atoms with Crippen LogP contribution in [0.2, 0.25) is 0 Å². The number of amides is 1. The van der Waals surface area contributed by atoms with E-state index in [0.717, 1.165) is 30.4 Å². The summed E-state index contributed by atoms with van der Waals surface area (Å²) in [5, 5.41) is 33.3. The first-order valence-electron chi connectivity index (χ1n) is 14.7. The second-order valence-electron chi connectivity index (χ2n) is 13.5. The van der Waals surface area contributed by atoms with Crippen LogP contribution in [0.4, 0.5) is 13.2 Å². The van der Waals surface area contributed by atoms with Crippen LogP contribution in [0.25, 0.3) is 0 Å². The van der Waals surface area contributed by atoms with Gasteiger partial charge in [-0.3, -0.25) is 9.59 Å². The first-order chi connectivity index (χ1) is 18.9. The summed E-state index contributed by atoms with van der Waals surface area (Å²) in [6.45, 7) is 5.87. The molecule has 0 heterocycles. The van der Waals surface area contributed by atoms with Gasteiger partial charge in [0.1, 0.15) is 6.61 Å². The fourth-order valence-electron chi connectivity index (χ4n) is 9.27. The molecule has 3 unspecified atom stereocenters. The van der Waals surface area contributed by atoms with Gasteiger partial charge in [0.2, 0.25) is 5.91 Å². The number of ether oxygens (including phenoxy) is 1. The number of carbonyl (C=O) groups is 2. The van der Waals surface area contributed by atoms with Gasteiger partial charge in [0.05, 0.1) is 24.7 Å². The Morgan fingerprint density at radius 2 is 1.71 bits per heavy atom. The lowest BCUT2D eigenvalue weighted by Crippen LogP contribution is -2.62. The normalized spacial score (nSPS) is 41.5. The Hall–Kier alpha value is -1.44. The van der Waals surface area contributed by atoms with E-state index in [1.165, 1.54) is 0 Å². The third-order valence-electron chi connectivity index (χ3n) is 11.5. The molecule has 4 N–H and O–H groups in total. The molecule has 13 heteroatoms. The molecule has 0 aromatic carbocycles. The molecule has 0 aliphatic heterocycles. The highest BCUT2D eigenvalue weighted by Crippen LogP contribution is 2.68. The van der Waals surface area contributed by atoms with E-state index in [0.29, 0.717) is 25.7 Å². The van der Waals surface area contributed by atoms with Crippen LogP contribution < -0.4 is 4.72 Å². The maximum absolute atomic E-state index is 12.4. The molecule has 41 heavy (non-hydrogen) atoms. The van der Waals surface area contributed by atoms with Gasteiger partial charge in [0, 0.05) is 6.42 Å². The quantitative estimate of drug-likeness (QED) is 0.306. The van der Waals surface area contributed by atoms with Gasteiger partial charge in [-0.05, 0) is 97.7 Å². The van der Waals surface area contributed by atoms with Crippen LogP contribution in [-0.2, 0) is 24.3 Å². The molecule has 11 atom stereocenters. The Balaban J connectivity index is 1.32. The Kier molecular flexibility index (Phi) is 9.17. The van der Waals surface area contributed by atoms with E-state index in [4.69, 9.17) is 4.74 Å². The summed E-state index contributed by atoms with van der Waals surface area (Å²) >= 11 is 0. The van der Waals surface area contributed by atoms with Crippen molar-refractivity contribution >= 4 is 21.9 Å². The number of carbonyl (C=O) groups excluding carboxylic acids is 2. The molecule has 1 amide bonds. The maximum Gasteiger partial charge on any atom is 0.516 e. The first-order valence-corrected chi connectivity index (χ1v) is 16.2. The summed E-state index contributed by atoms with van der Waals surface area (Å²) in [6, 6.07) is 0. The van der Waals surface area contributed by atoms with Gasteiger partial charge < -0.3 is 20.1 Å². The Morgan fingerprint density at radius 1 is 1.02 bits per heavy atom. The molecule has 4 aliphatic rings. The molecule has 4 fully saturated rings. The van der Waals surface area contributed by atoms with Crippen molar-refractivity contribution < 1.29 is 51.2 Å². The van der Waals surface area contributed by atoms with Gasteiger partial charge in [0.25, 0.3) is 0 Å². The number of fused-ring (bicyclic) bond motifs is 5. The zero-order chi connectivity index (χ0) is 30.5. The molecule has 0 radical (unpaired) electrons. The highest BCUT2D eigenvalue weighted by molar-refractivity contribution is 7.90. The molecule has 0 bridgehead atoms. The fourth-order valence-corrected chi connectivity index (χ4v) is 9.78. The zero-order valence-electron chi connectivity index (χ0n) is 23.9. The Morgan fingerprint density at radius 3 is 2.37 bits per heavy atom. The zero-order valence-corrected chi connectivity index (χ0v) is 24.7. The SMILES string of the molecule is C[C@H](CCC(=O)OCCC(=O)NS(=O)(=O)C(F)(F)F)[C@H]1CC[C@H]2[C@@H]3C(O)C[C@@H]4CC(O)CC[C@]4(C)[C@H]3CC(O)[C@]12C. The number of sulfonamides is 1. The number of esters is 1. The number of alkyl halides is 3. The van der Waals surface area contributed by atoms with Crippen LogP contribution in [0.15, 0.2) is 0 Å². The number of rotatable bonds is 8. The van der Waals surface area contributed by atoms with Crippen molar-refractivity contribution in [2.24, 2.45) is 46.3 Å². The van der Waals surface area contributed by atoms with E-state index in [1.807, 2.05) is 6.92 Å². The Labute approximate surface area is 239 Å². The van der Waals surface area contributed by atoms with Crippen molar-refractivity contribution in [3.63, 3.8) is 0 Å². The van der Waals surface area contributed by atoms with Gasteiger partial charge in [-0.2, -0.15) is 21.6 Å².